The average molecular weight is 189 g/mol. The van der Waals surface area contributed by atoms with Gasteiger partial charge in [-0.2, -0.15) is 4.99 Å². The first-order chi connectivity index (χ1) is 6.83. The van der Waals surface area contributed by atoms with E-state index in [9.17, 15) is 4.79 Å². The number of amides is 1. The fourth-order valence-corrected chi connectivity index (χ4v) is 0.875. The summed E-state index contributed by atoms with van der Waals surface area (Å²) in [5.41, 5.74) is 1.06. The molecule has 0 fully saturated rings. The van der Waals surface area contributed by atoms with Crippen molar-refractivity contribution in [2.24, 2.45) is 4.99 Å². The van der Waals surface area contributed by atoms with Crippen molar-refractivity contribution in [2.75, 3.05) is 7.11 Å². The minimum absolute atomic E-state index is 0.595. The maximum Gasteiger partial charge on any atom is 0.433 e. The van der Waals surface area contributed by atoms with Gasteiger partial charge in [0.2, 0.25) is 0 Å². The highest BCUT2D eigenvalue weighted by molar-refractivity contribution is 5.87. The second kappa shape index (κ2) is 5.70. The molecule has 3 heteroatoms. The predicted octanol–water partition coefficient (Wildman–Crippen LogP) is 2.54. The molecule has 0 aliphatic carbocycles. The molecule has 0 spiro atoms. The molecule has 0 aromatic heterocycles. The van der Waals surface area contributed by atoms with Gasteiger partial charge in [0.1, 0.15) is 0 Å². The van der Waals surface area contributed by atoms with Gasteiger partial charge < -0.3 is 4.74 Å². The van der Waals surface area contributed by atoms with Crippen molar-refractivity contribution in [1.29, 1.82) is 0 Å². The summed E-state index contributed by atoms with van der Waals surface area (Å²) in [5.74, 6) is 0. The molecule has 0 atom stereocenters. The fourth-order valence-electron chi connectivity index (χ4n) is 0.875. The van der Waals surface area contributed by atoms with Gasteiger partial charge in [-0.05, 0) is 11.6 Å². The van der Waals surface area contributed by atoms with Gasteiger partial charge in [-0.3, -0.25) is 0 Å². The first kappa shape index (κ1) is 10.2. The predicted molar refractivity (Wildman–Crippen MR) is 56.4 cm³/mol. The third kappa shape index (κ3) is 3.67. The molecule has 0 saturated heterocycles. The Hall–Kier alpha value is -1.90. The normalized spacial score (nSPS) is 10.9. The molecule has 0 heterocycles. The second-order valence-electron chi connectivity index (χ2n) is 2.52. The monoisotopic (exact) mass is 189 g/mol. The molecule has 1 aromatic carbocycles. The van der Waals surface area contributed by atoms with Crippen LogP contribution in [0.4, 0.5) is 4.79 Å². The van der Waals surface area contributed by atoms with E-state index in [4.69, 9.17) is 0 Å². The largest absolute Gasteiger partial charge is 0.451 e. The van der Waals surface area contributed by atoms with Gasteiger partial charge >= 0.3 is 6.09 Å². The van der Waals surface area contributed by atoms with Crippen LogP contribution in [0, 0.1) is 0 Å². The van der Waals surface area contributed by atoms with E-state index in [1.807, 2.05) is 36.4 Å². The lowest BCUT2D eigenvalue weighted by molar-refractivity contribution is 0.183. The van der Waals surface area contributed by atoms with E-state index in [-0.39, 0.29) is 0 Å². The molecule has 14 heavy (non-hydrogen) atoms. The summed E-state index contributed by atoms with van der Waals surface area (Å²) in [6.07, 6.45) is 4.35. The van der Waals surface area contributed by atoms with Crippen molar-refractivity contribution in [3.63, 3.8) is 0 Å². The van der Waals surface area contributed by atoms with Crippen LogP contribution in [0.15, 0.2) is 41.4 Å². The molecule has 0 bridgehead atoms. The molecule has 0 aliphatic heterocycles. The van der Waals surface area contributed by atoms with Crippen molar-refractivity contribution >= 4 is 18.4 Å². The number of aliphatic imine (C=N–C) groups is 1. The summed E-state index contributed by atoms with van der Waals surface area (Å²) in [6, 6.07) is 9.75. The molecular weight excluding hydrogens is 178 g/mol. The van der Waals surface area contributed by atoms with Gasteiger partial charge in [0.05, 0.1) is 7.11 Å². The SMILES string of the molecule is COC(=O)N=C/C=C/c1ccccc1. The molecule has 0 aliphatic rings. The highest BCUT2D eigenvalue weighted by atomic mass is 16.5. The number of nitrogens with zero attached hydrogens (tertiary/aromatic N) is 1. The zero-order chi connectivity index (χ0) is 10.2. The number of methoxy groups -OCH3 is 1. The Bertz CT molecular complexity index is 342. The summed E-state index contributed by atoms with van der Waals surface area (Å²) in [5, 5.41) is 0. The maximum atomic E-state index is 10.6. The van der Waals surface area contributed by atoms with Crippen molar-refractivity contribution in [3.05, 3.63) is 42.0 Å². The molecule has 72 valence electrons. The number of hydrogen-bond acceptors (Lipinski definition) is 2. The van der Waals surface area contributed by atoms with Crippen LogP contribution < -0.4 is 0 Å². The average Bonchev–Trinajstić information content (AvgIpc) is 2.25. The van der Waals surface area contributed by atoms with E-state index in [0.29, 0.717) is 0 Å². The number of carbonyl (C=O) groups excluding carboxylic acids is 1. The van der Waals surface area contributed by atoms with E-state index >= 15 is 0 Å². The van der Waals surface area contributed by atoms with Gasteiger partial charge in [0.25, 0.3) is 0 Å². The van der Waals surface area contributed by atoms with E-state index in [2.05, 4.69) is 9.73 Å². The Morgan fingerprint density at radius 2 is 2.07 bits per heavy atom. The quantitative estimate of drug-likeness (QED) is 0.670. The van der Waals surface area contributed by atoms with Crippen LogP contribution in [0.5, 0.6) is 0 Å². The Labute approximate surface area is 82.7 Å². The topological polar surface area (TPSA) is 38.7 Å². The Morgan fingerprint density at radius 1 is 1.36 bits per heavy atom. The molecule has 3 nitrogen and oxygen atoms in total. The molecule has 1 rings (SSSR count). The number of ether oxygens (including phenoxy) is 1. The van der Waals surface area contributed by atoms with E-state index in [0.717, 1.165) is 5.56 Å². The highest BCUT2D eigenvalue weighted by Crippen LogP contribution is 1.99. The molecule has 0 N–H and O–H groups in total. The van der Waals surface area contributed by atoms with Gasteiger partial charge in [0.15, 0.2) is 0 Å². The zero-order valence-electron chi connectivity index (χ0n) is 7.88. The fraction of sp³-hybridized carbons (Fsp3) is 0.0909. The first-order valence-electron chi connectivity index (χ1n) is 4.16. The van der Waals surface area contributed by atoms with Crippen LogP contribution >= 0.6 is 0 Å². The van der Waals surface area contributed by atoms with E-state index in [1.54, 1.807) is 6.08 Å². The summed E-state index contributed by atoms with van der Waals surface area (Å²) < 4.78 is 4.33. The minimum atomic E-state index is -0.595. The smallest absolute Gasteiger partial charge is 0.433 e. The summed E-state index contributed by atoms with van der Waals surface area (Å²) in [6.45, 7) is 0. The van der Waals surface area contributed by atoms with Gasteiger partial charge in [-0.1, -0.05) is 36.4 Å². The van der Waals surface area contributed by atoms with Crippen LogP contribution in [0.25, 0.3) is 6.08 Å². The van der Waals surface area contributed by atoms with Crippen LogP contribution in [-0.4, -0.2) is 19.4 Å². The van der Waals surface area contributed by atoms with Crippen LogP contribution in [0.3, 0.4) is 0 Å². The number of allylic oxidation sites excluding steroid dienone is 1. The van der Waals surface area contributed by atoms with Crippen molar-refractivity contribution < 1.29 is 9.53 Å². The third-order valence-electron chi connectivity index (χ3n) is 1.53. The summed E-state index contributed by atoms with van der Waals surface area (Å²) >= 11 is 0. The molecule has 0 saturated carbocycles. The first-order valence-corrected chi connectivity index (χ1v) is 4.16. The second-order valence-corrected chi connectivity index (χ2v) is 2.52. The Kier molecular flexibility index (Phi) is 4.14. The number of benzene rings is 1. The number of hydrogen-bond donors (Lipinski definition) is 0. The van der Waals surface area contributed by atoms with Crippen LogP contribution in [-0.2, 0) is 4.74 Å². The summed E-state index contributed by atoms with van der Waals surface area (Å²) in [7, 11) is 1.29. The van der Waals surface area contributed by atoms with Gasteiger partial charge in [0, 0.05) is 6.21 Å². The van der Waals surface area contributed by atoms with E-state index in [1.165, 1.54) is 13.3 Å². The van der Waals surface area contributed by atoms with Crippen LogP contribution in [0.1, 0.15) is 5.56 Å². The third-order valence-corrected chi connectivity index (χ3v) is 1.53. The summed E-state index contributed by atoms with van der Waals surface area (Å²) in [4.78, 5) is 14.1. The minimum Gasteiger partial charge on any atom is -0.451 e. The van der Waals surface area contributed by atoms with Crippen LogP contribution in [0.2, 0.25) is 0 Å². The van der Waals surface area contributed by atoms with Gasteiger partial charge in [-0.25, -0.2) is 4.79 Å². The Morgan fingerprint density at radius 3 is 2.71 bits per heavy atom. The molecule has 0 radical (unpaired) electrons. The molecule has 1 aromatic rings. The Balaban J connectivity index is 2.50. The lowest BCUT2D eigenvalue weighted by atomic mass is 10.2. The van der Waals surface area contributed by atoms with Crippen molar-refractivity contribution in [3.8, 4) is 0 Å². The van der Waals surface area contributed by atoms with Gasteiger partial charge in [-0.15, -0.1) is 0 Å². The zero-order valence-corrected chi connectivity index (χ0v) is 7.88. The number of carbonyl (C=O) groups is 1. The lowest BCUT2D eigenvalue weighted by Gasteiger charge is -1.88. The van der Waals surface area contributed by atoms with Crippen molar-refractivity contribution in [2.45, 2.75) is 0 Å². The molecule has 1 amide bonds. The standard InChI is InChI=1S/C11H11NO2/c1-14-11(13)12-9-5-8-10-6-3-2-4-7-10/h2-9H,1H3/b8-5+,12-9?. The van der Waals surface area contributed by atoms with Crippen molar-refractivity contribution in [1.82, 2.24) is 0 Å². The maximum absolute atomic E-state index is 10.6. The number of rotatable bonds is 2. The van der Waals surface area contributed by atoms with E-state index < -0.39 is 6.09 Å². The molecule has 0 unspecified atom stereocenters. The lowest BCUT2D eigenvalue weighted by Crippen LogP contribution is -1.91. The highest BCUT2D eigenvalue weighted by Gasteiger charge is 1.88. The molecular formula is C11H11NO2.